The molecule has 0 heterocycles. The monoisotopic (exact) mass is 480 g/mol. The molecule has 0 unspecified atom stereocenters. The van der Waals surface area contributed by atoms with Gasteiger partial charge in [-0.2, -0.15) is 5.10 Å². The molecule has 11 heteroatoms. The van der Waals surface area contributed by atoms with Gasteiger partial charge in [-0.3, -0.25) is 19.7 Å². The maximum Gasteiger partial charge on any atom is 0.312 e. The number of phenolic OH excluding ortho intramolecular Hbond substituents is 2. The van der Waals surface area contributed by atoms with Crippen LogP contribution in [0.25, 0.3) is 6.08 Å². The molecule has 0 saturated heterocycles. The SMILES string of the molecule is O=C(N/N=C\c1cc(Cl)cc([N+](=O)[O-])c1O)/C(=C/c1ccccc1O)NC(=O)c1ccccc1. The van der Waals surface area contributed by atoms with Gasteiger partial charge in [-0.1, -0.05) is 48.0 Å². The van der Waals surface area contributed by atoms with Crippen LogP contribution in [0.1, 0.15) is 21.5 Å². The van der Waals surface area contributed by atoms with Crippen molar-refractivity contribution in [2.24, 2.45) is 5.10 Å². The Bertz CT molecular complexity index is 1310. The quantitative estimate of drug-likeness (QED) is 0.175. The standard InChI is InChI=1S/C23H17ClN4O6/c24-17-10-16(21(30)19(12-17)28(33)34)13-25-27-23(32)18(11-15-8-4-5-9-20(15)29)26-22(31)14-6-2-1-3-7-14/h1-13,29-30H,(H,26,31)(H,27,32)/b18-11-,25-13-. The van der Waals surface area contributed by atoms with Crippen LogP contribution >= 0.6 is 11.6 Å². The summed E-state index contributed by atoms with van der Waals surface area (Å²) < 4.78 is 0. The number of hydrazone groups is 1. The number of carbonyl (C=O) groups is 2. The second kappa shape index (κ2) is 10.7. The van der Waals surface area contributed by atoms with E-state index in [9.17, 15) is 29.9 Å². The molecule has 0 bridgehead atoms. The van der Waals surface area contributed by atoms with Crippen LogP contribution in [0.4, 0.5) is 5.69 Å². The predicted octanol–water partition coefficient (Wildman–Crippen LogP) is 3.58. The fraction of sp³-hybridized carbons (Fsp3) is 0. The Hall–Kier alpha value is -4.70. The number of carbonyl (C=O) groups excluding carboxylic acids is 2. The molecule has 3 aromatic carbocycles. The van der Waals surface area contributed by atoms with E-state index in [0.717, 1.165) is 12.3 Å². The van der Waals surface area contributed by atoms with Gasteiger partial charge in [0.1, 0.15) is 11.4 Å². The topological polar surface area (TPSA) is 154 Å². The van der Waals surface area contributed by atoms with E-state index in [-0.39, 0.29) is 33.2 Å². The van der Waals surface area contributed by atoms with Gasteiger partial charge >= 0.3 is 5.69 Å². The summed E-state index contributed by atoms with van der Waals surface area (Å²) in [7, 11) is 0. The Morgan fingerprint density at radius 2 is 1.68 bits per heavy atom. The van der Waals surface area contributed by atoms with Gasteiger partial charge < -0.3 is 15.5 Å². The second-order valence-corrected chi connectivity index (χ2v) is 7.19. The highest BCUT2D eigenvalue weighted by atomic mass is 35.5. The summed E-state index contributed by atoms with van der Waals surface area (Å²) in [5.74, 6) is -2.25. The van der Waals surface area contributed by atoms with Gasteiger partial charge in [0.15, 0.2) is 0 Å². The molecule has 0 saturated carbocycles. The number of rotatable bonds is 7. The zero-order chi connectivity index (χ0) is 24.7. The van der Waals surface area contributed by atoms with E-state index in [2.05, 4.69) is 15.8 Å². The third kappa shape index (κ3) is 5.96. The van der Waals surface area contributed by atoms with E-state index >= 15 is 0 Å². The first-order chi connectivity index (χ1) is 16.3. The van der Waals surface area contributed by atoms with Gasteiger partial charge in [0.05, 0.1) is 11.1 Å². The minimum Gasteiger partial charge on any atom is -0.507 e. The van der Waals surface area contributed by atoms with E-state index in [1.807, 2.05) is 0 Å². The van der Waals surface area contributed by atoms with Gasteiger partial charge in [-0.05, 0) is 30.3 Å². The summed E-state index contributed by atoms with van der Waals surface area (Å²) in [5, 5.41) is 37.2. The normalized spacial score (nSPS) is 11.3. The van der Waals surface area contributed by atoms with E-state index in [4.69, 9.17) is 11.6 Å². The lowest BCUT2D eigenvalue weighted by Crippen LogP contribution is -2.32. The number of hydrogen-bond donors (Lipinski definition) is 4. The number of nitro groups is 1. The summed E-state index contributed by atoms with van der Waals surface area (Å²) in [4.78, 5) is 35.5. The zero-order valence-corrected chi connectivity index (χ0v) is 18.1. The number of benzene rings is 3. The lowest BCUT2D eigenvalue weighted by atomic mass is 10.1. The molecule has 0 spiro atoms. The Morgan fingerprint density at radius 3 is 2.35 bits per heavy atom. The predicted molar refractivity (Wildman–Crippen MR) is 125 cm³/mol. The molecular weight excluding hydrogens is 464 g/mol. The molecular formula is C23H17ClN4O6. The van der Waals surface area contributed by atoms with Crippen LogP contribution < -0.4 is 10.7 Å². The molecule has 10 nitrogen and oxygen atoms in total. The lowest BCUT2D eigenvalue weighted by Gasteiger charge is -2.10. The first-order valence-corrected chi connectivity index (χ1v) is 10.0. The Kier molecular flexibility index (Phi) is 7.57. The van der Waals surface area contributed by atoms with Crippen LogP contribution in [-0.4, -0.2) is 33.2 Å². The maximum absolute atomic E-state index is 12.8. The minimum atomic E-state index is -0.861. The summed E-state index contributed by atoms with van der Waals surface area (Å²) in [6, 6.07) is 16.5. The Labute approximate surface area is 198 Å². The molecule has 0 radical (unpaired) electrons. The first kappa shape index (κ1) is 24.0. The van der Waals surface area contributed by atoms with Gasteiger partial charge in [-0.25, -0.2) is 5.43 Å². The number of nitrogens with one attached hydrogen (secondary N) is 2. The Morgan fingerprint density at radius 1 is 1.00 bits per heavy atom. The molecule has 0 aliphatic carbocycles. The van der Waals surface area contributed by atoms with Crippen molar-refractivity contribution in [3.05, 3.63) is 104 Å². The van der Waals surface area contributed by atoms with Crippen LogP contribution in [-0.2, 0) is 4.79 Å². The van der Waals surface area contributed by atoms with Gasteiger partial charge in [0.25, 0.3) is 11.8 Å². The van der Waals surface area contributed by atoms with Crippen LogP contribution in [0.2, 0.25) is 5.02 Å². The van der Waals surface area contributed by atoms with Crippen molar-refractivity contribution in [3.8, 4) is 11.5 Å². The number of aromatic hydroxyl groups is 2. The number of para-hydroxylation sites is 1. The Balaban J connectivity index is 1.87. The fourth-order valence-electron chi connectivity index (χ4n) is 2.77. The highest BCUT2D eigenvalue weighted by Crippen LogP contribution is 2.32. The molecule has 172 valence electrons. The van der Waals surface area contributed by atoms with Crippen molar-refractivity contribution in [2.75, 3.05) is 0 Å². The van der Waals surface area contributed by atoms with E-state index in [1.165, 1.54) is 24.3 Å². The summed E-state index contributed by atoms with van der Waals surface area (Å²) >= 11 is 5.83. The highest BCUT2D eigenvalue weighted by molar-refractivity contribution is 6.31. The average Bonchev–Trinajstić information content (AvgIpc) is 2.82. The number of amides is 2. The fourth-order valence-corrected chi connectivity index (χ4v) is 2.99. The first-order valence-electron chi connectivity index (χ1n) is 9.62. The molecule has 3 rings (SSSR count). The van der Waals surface area contributed by atoms with Gasteiger partial charge in [0, 0.05) is 27.8 Å². The highest BCUT2D eigenvalue weighted by Gasteiger charge is 2.18. The van der Waals surface area contributed by atoms with E-state index < -0.39 is 28.2 Å². The minimum absolute atomic E-state index is 0.0208. The zero-order valence-electron chi connectivity index (χ0n) is 17.3. The smallest absolute Gasteiger partial charge is 0.312 e. The molecule has 0 aromatic heterocycles. The van der Waals surface area contributed by atoms with Crippen molar-refractivity contribution in [1.82, 2.24) is 10.7 Å². The summed E-state index contributed by atoms with van der Waals surface area (Å²) in [6.07, 6.45) is 2.21. The number of phenols is 2. The lowest BCUT2D eigenvalue weighted by molar-refractivity contribution is -0.385. The number of nitrogens with zero attached hydrogens (tertiary/aromatic N) is 2. The van der Waals surface area contributed by atoms with Crippen LogP contribution in [0.15, 0.2) is 77.5 Å². The third-order valence-corrected chi connectivity index (χ3v) is 4.63. The van der Waals surface area contributed by atoms with E-state index in [1.54, 1.807) is 42.5 Å². The maximum atomic E-state index is 12.8. The molecule has 4 N–H and O–H groups in total. The van der Waals surface area contributed by atoms with Gasteiger partial charge in [0.2, 0.25) is 5.75 Å². The molecule has 0 aliphatic heterocycles. The van der Waals surface area contributed by atoms with Crippen LogP contribution in [0, 0.1) is 10.1 Å². The van der Waals surface area contributed by atoms with Crippen molar-refractivity contribution in [2.45, 2.75) is 0 Å². The average molecular weight is 481 g/mol. The number of nitro benzene ring substituents is 1. The third-order valence-electron chi connectivity index (χ3n) is 4.42. The number of halogens is 1. The largest absolute Gasteiger partial charge is 0.507 e. The second-order valence-electron chi connectivity index (χ2n) is 6.76. The van der Waals surface area contributed by atoms with Crippen molar-refractivity contribution >= 4 is 41.4 Å². The molecule has 0 aliphatic rings. The molecule has 3 aromatic rings. The van der Waals surface area contributed by atoms with Crippen LogP contribution in [0.3, 0.4) is 0 Å². The van der Waals surface area contributed by atoms with Gasteiger partial charge in [-0.15, -0.1) is 0 Å². The summed E-state index contributed by atoms with van der Waals surface area (Å²) in [6.45, 7) is 0. The molecule has 34 heavy (non-hydrogen) atoms. The van der Waals surface area contributed by atoms with Crippen molar-refractivity contribution in [3.63, 3.8) is 0 Å². The van der Waals surface area contributed by atoms with Crippen molar-refractivity contribution < 1.29 is 24.7 Å². The van der Waals surface area contributed by atoms with Crippen molar-refractivity contribution in [1.29, 1.82) is 0 Å². The molecule has 0 fully saturated rings. The van der Waals surface area contributed by atoms with Crippen LogP contribution in [0.5, 0.6) is 11.5 Å². The number of hydrogen-bond acceptors (Lipinski definition) is 7. The van der Waals surface area contributed by atoms with E-state index in [0.29, 0.717) is 0 Å². The summed E-state index contributed by atoms with van der Waals surface area (Å²) in [5.41, 5.74) is 1.73. The molecule has 2 amide bonds. The molecule has 0 atom stereocenters.